The van der Waals surface area contributed by atoms with Gasteiger partial charge in [-0.3, -0.25) is 4.90 Å². The number of benzene rings is 1. The van der Waals surface area contributed by atoms with E-state index in [0.717, 1.165) is 17.6 Å². The lowest BCUT2D eigenvalue weighted by Gasteiger charge is -2.38. The molecule has 3 heteroatoms. The molecule has 0 heterocycles. The van der Waals surface area contributed by atoms with Gasteiger partial charge in [-0.1, -0.05) is 29.8 Å². The molecular weight excluding hydrogens is 268 g/mol. The molecule has 20 heavy (non-hydrogen) atoms. The van der Waals surface area contributed by atoms with Crippen LogP contribution < -0.4 is 5.32 Å². The molecule has 3 rings (SSSR count). The maximum atomic E-state index is 6.26. The number of likely N-dealkylation sites (N-methyl/N-ethyl adjacent to an activating group) is 1. The predicted octanol–water partition coefficient (Wildman–Crippen LogP) is 3.66. The topological polar surface area (TPSA) is 15.3 Å². The Hall–Kier alpha value is -0.570. The Morgan fingerprint density at radius 3 is 2.65 bits per heavy atom. The third-order valence-corrected chi connectivity index (χ3v) is 5.35. The van der Waals surface area contributed by atoms with Crippen LogP contribution in [0, 0.1) is 0 Å². The minimum Gasteiger partial charge on any atom is -0.312 e. The van der Waals surface area contributed by atoms with Crippen molar-refractivity contribution < 1.29 is 0 Å². The zero-order valence-electron chi connectivity index (χ0n) is 12.5. The summed E-state index contributed by atoms with van der Waals surface area (Å²) >= 11 is 6.26. The highest BCUT2D eigenvalue weighted by molar-refractivity contribution is 6.31. The van der Waals surface area contributed by atoms with Gasteiger partial charge in [-0.2, -0.15) is 0 Å². The molecule has 2 saturated carbocycles. The molecule has 2 aliphatic carbocycles. The van der Waals surface area contributed by atoms with E-state index in [1.165, 1.54) is 31.2 Å². The largest absolute Gasteiger partial charge is 0.312 e. The first-order valence-corrected chi connectivity index (χ1v) is 8.22. The molecule has 1 atom stereocenters. The monoisotopic (exact) mass is 292 g/mol. The molecule has 0 radical (unpaired) electrons. The molecule has 1 aromatic rings. The summed E-state index contributed by atoms with van der Waals surface area (Å²) in [4.78, 5) is 2.53. The van der Waals surface area contributed by atoms with Crippen LogP contribution in [0.4, 0.5) is 0 Å². The van der Waals surface area contributed by atoms with Crippen LogP contribution in [-0.2, 0) is 0 Å². The van der Waals surface area contributed by atoms with Crippen molar-refractivity contribution in [3.05, 3.63) is 34.9 Å². The highest BCUT2D eigenvalue weighted by atomic mass is 35.5. The van der Waals surface area contributed by atoms with Crippen molar-refractivity contribution in [1.82, 2.24) is 10.2 Å². The Morgan fingerprint density at radius 2 is 2.00 bits per heavy atom. The number of halogens is 1. The Morgan fingerprint density at radius 1 is 1.30 bits per heavy atom. The molecule has 0 aliphatic heterocycles. The molecular formula is C17H25ClN2. The molecule has 0 spiro atoms. The van der Waals surface area contributed by atoms with Gasteiger partial charge in [-0.05, 0) is 57.2 Å². The molecule has 0 bridgehead atoms. The third kappa shape index (κ3) is 3.19. The van der Waals surface area contributed by atoms with Gasteiger partial charge in [0.25, 0.3) is 0 Å². The molecule has 0 aromatic heterocycles. The van der Waals surface area contributed by atoms with E-state index >= 15 is 0 Å². The normalized spacial score (nSPS) is 27.4. The summed E-state index contributed by atoms with van der Waals surface area (Å²) in [5, 5.41) is 4.65. The van der Waals surface area contributed by atoms with Gasteiger partial charge in [0.2, 0.25) is 0 Å². The van der Waals surface area contributed by atoms with Crippen molar-refractivity contribution in [2.45, 2.75) is 56.7 Å². The van der Waals surface area contributed by atoms with Gasteiger partial charge in [0.15, 0.2) is 0 Å². The summed E-state index contributed by atoms with van der Waals surface area (Å²) in [6.45, 7) is 3.43. The van der Waals surface area contributed by atoms with Crippen LogP contribution in [0.2, 0.25) is 5.02 Å². The molecule has 2 aliphatic rings. The number of nitrogens with one attached hydrogen (secondary N) is 1. The number of hydrogen-bond donors (Lipinski definition) is 1. The van der Waals surface area contributed by atoms with Crippen LogP contribution in [0.25, 0.3) is 0 Å². The molecule has 1 unspecified atom stereocenters. The fourth-order valence-corrected chi connectivity index (χ4v) is 3.46. The van der Waals surface area contributed by atoms with Crippen molar-refractivity contribution in [2.24, 2.45) is 0 Å². The fraction of sp³-hybridized carbons (Fsp3) is 0.647. The van der Waals surface area contributed by atoms with E-state index in [9.17, 15) is 0 Å². The van der Waals surface area contributed by atoms with Gasteiger partial charge >= 0.3 is 0 Å². The molecule has 2 nitrogen and oxygen atoms in total. The summed E-state index contributed by atoms with van der Waals surface area (Å²) in [7, 11) is 2.26. The van der Waals surface area contributed by atoms with Crippen molar-refractivity contribution >= 4 is 11.6 Å². The molecule has 1 aromatic carbocycles. The van der Waals surface area contributed by atoms with Gasteiger partial charge in [0, 0.05) is 29.7 Å². The predicted molar refractivity (Wildman–Crippen MR) is 85.5 cm³/mol. The summed E-state index contributed by atoms with van der Waals surface area (Å²) in [5.74, 6) is 0.651. The van der Waals surface area contributed by atoms with Crippen molar-refractivity contribution in [2.75, 3.05) is 13.6 Å². The van der Waals surface area contributed by atoms with Crippen molar-refractivity contribution in [3.63, 3.8) is 0 Å². The Labute approximate surface area is 127 Å². The smallest absolute Gasteiger partial charge is 0.0440 e. The molecule has 2 fully saturated rings. The molecule has 0 amide bonds. The summed E-state index contributed by atoms with van der Waals surface area (Å²) in [6.07, 6.45) is 5.23. The third-order valence-electron chi connectivity index (χ3n) is 5.00. The lowest BCUT2D eigenvalue weighted by atomic mass is 9.76. The van der Waals surface area contributed by atoms with Crippen molar-refractivity contribution in [1.29, 1.82) is 0 Å². The van der Waals surface area contributed by atoms with E-state index in [1.54, 1.807) is 0 Å². The standard InChI is InChI=1S/C17H25ClN2/c1-12(20(2)15-7-8-15)11-19-14-9-13(10-14)16-5-3-4-6-17(16)18/h3-6,12-15,19H,7-11H2,1-2H3. The average molecular weight is 293 g/mol. The number of rotatable bonds is 6. The molecule has 110 valence electrons. The van der Waals surface area contributed by atoms with Gasteiger partial charge in [0.1, 0.15) is 0 Å². The van der Waals surface area contributed by atoms with Gasteiger partial charge in [-0.15, -0.1) is 0 Å². The van der Waals surface area contributed by atoms with Gasteiger partial charge < -0.3 is 5.32 Å². The van der Waals surface area contributed by atoms with Gasteiger partial charge in [-0.25, -0.2) is 0 Å². The summed E-state index contributed by atoms with van der Waals surface area (Å²) < 4.78 is 0. The van der Waals surface area contributed by atoms with E-state index in [1.807, 2.05) is 12.1 Å². The van der Waals surface area contributed by atoms with Crippen LogP contribution in [0.5, 0.6) is 0 Å². The van der Waals surface area contributed by atoms with Crippen LogP contribution in [0.1, 0.15) is 44.1 Å². The van der Waals surface area contributed by atoms with E-state index in [4.69, 9.17) is 11.6 Å². The van der Waals surface area contributed by atoms with Gasteiger partial charge in [0.05, 0.1) is 0 Å². The lowest BCUT2D eigenvalue weighted by molar-refractivity contribution is 0.213. The zero-order chi connectivity index (χ0) is 14.1. The van der Waals surface area contributed by atoms with Crippen LogP contribution in [0.3, 0.4) is 0 Å². The first-order chi connectivity index (χ1) is 9.65. The maximum Gasteiger partial charge on any atom is 0.0440 e. The van der Waals surface area contributed by atoms with E-state index in [2.05, 4.69) is 36.3 Å². The SMILES string of the molecule is CC(CNC1CC(c2ccccc2Cl)C1)N(C)C1CC1. The van der Waals surface area contributed by atoms with Crippen LogP contribution in [0.15, 0.2) is 24.3 Å². The average Bonchev–Trinajstić information content (AvgIpc) is 3.22. The van der Waals surface area contributed by atoms with E-state index < -0.39 is 0 Å². The minimum absolute atomic E-state index is 0.641. The summed E-state index contributed by atoms with van der Waals surface area (Å²) in [6, 6.07) is 10.4. The van der Waals surface area contributed by atoms with Crippen LogP contribution >= 0.6 is 11.6 Å². The Bertz CT molecular complexity index is 452. The maximum absolute atomic E-state index is 6.26. The minimum atomic E-state index is 0.641. The van der Waals surface area contributed by atoms with E-state index in [-0.39, 0.29) is 0 Å². The number of nitrogens with zero attached hydrogens (tertiary/aromatic N) is 1. The van der Waals surface area contributed by atoms with Crippen LogP contribution in [-0.4, -0.2) is 36.6 Å². The van der Waals surface area contributed by atoms with Crippen molar-refractivity contribution in [3.8, 4) is 0 Å². The highest BCUT2D eigenvalue weighted by Crippen LogP contribution is 2.39. The molecule has 1 N–H and O–H groups in total. The first-order valence-electron chi connectivity index (χ1n) is 7.85. The quantitative estimate of drug-likeness (QED) is 0.861. The Balaban J connectivity index is 1.41. The number of hydrogen-bond acceptors (Lipinski definition) is 2. The second kappa shape index (κ2) is 6.05. The Kier molecular flexibility index (Phi) is 4.34. The second-order valence-electron chi connectivity index (χ2n) is 6.54. The first kappa shape index (κ1) is 14.4. The second-order valence-corrected chi connectivity index (χ2v) is 6.95. The summed E-state index contributed by atoms with van der Waals surface area (Å²) in [5.41, 5.74) is 1.33. The lowest BCUT2D eigenvalue weighted by Crippen LogP contribution is -2.46. The zero-order valence-corrected chi connectivity index (χ0v) is 13.2. The fourth-order valence-electron chi connectivity index (χ4n) is 3.17. The highest BCUT2D eigenvalue weighted by Gasteiger charge is 2.33. The van der Waals surface area contributed by atoms with E-state index in [0.29, 0.717) is 18.0 Å². The molecule has 0 saturated heterocycles.